The van der Waals surface area contributed by atoms with E-state index in [1.54, 1.807) is 0 Å². The number of hydrogen-bond donors (Lipinski definition) is 3. The van der Waals surface area contributed by atoms with E-state index in [4.69, 9.17) is 5.73 Å². The van der Waals surface area contributed by atoms with Gasteiger partial charge in [0.05, 0.1) is 11.2 Å². The van der Waals surface area contributed by atoms with Crippen molar-refractivity contribution in [1.29, 1.82) is 0 Å². The van der Waals surface area contributed by atoms with Gasteiger partial charge < -0.3 is 10.7 Å². The molecular formula is C9H10N2S. The molecule has 0 aliphatic rings. The molecule has 62 valence electrons. The minimum Gasteiger partial charge on any atom is -0.397 e. The van der Waals surface area contributed by atoms with Crippen molar-refractivity contribution in [3.63, 3.8) is 0 Å². The van der Waals surface area contributed by atoms with Gasteiger partial charge in [-0.1, -0.05) is 12.1 Å². The second-order valence-corrected chi connectivity index (χ2v) is 3.06. The Labute approximate surface area is 76.2 Å². The molecule has 3 heteroatoms. The van der Waals surface area contributed by atoms with Crippen molar-refractivity contribution in [2.75, 3.05) is 5.73 Å². The zero-order chi connectivity index (χ0) is 8.55. The molecule has 0 atom stereocenters. The van der Waals surface area contributed by atoms with Crippen LogP contribution in [0, 0.1) is 0 Å². The maximum Gasteiger partial charge on any atom is 0.0690 e. The topological polar surface area (TPSA) is 41.8 Å². The van der Waals surface area contributed by atoms with Crippen LogP contribution in [0.2, 0.25) is 0 Å². The minimum atomic E-state index is 0.740. The summed E-state index contributed by atoms with van der Waals surface area (Å²) in [4.78, 5) is 3.13. The Hall–Kier alpha value is -1.09. The number of hydrogen-bond acceptors (Lipinski definition) is 2. The van der Waals surface area contributed by atoms with Crippen molar-refractivity contribution < 1.29 is 0 Å². The van der Waals surface area contributed by atoms with Crippen LogP contribution in [0.3, 0.4) is 0 Å². The highest BCUT2D eigenvalue weighted by Gasteiger charge is 2.02. The standard InChI is InChI=1S/C9H10N2S/c10-8-3-1-2-7-6(5-12)4-11-9(7)8/h1-4,11-12H,5,10H2. The average Bonchev–Trinajstić information content (AvgIpc) is 2.49. The zero-order valence-electron chi connectivity index (χ0n) is 6.54. The monoisotopic (exact) mass is 178 g/mol. The van der Waals surface area contributed by atoms with Crippen LogP contribution in [0.4, 0.5) is 5.69 Å². The summed E-state index contributed by atoms with van der Waals surface area (Å²) in [5, 5.41) is 1.17. The lowest BCUT2D eigenvalue weighted by Gasteiger charge is -1.95. The zero-order valence-corrected chi connectivity index (χ0v) is 7.44. The Morgan fingerprint density at radius 3 is 3.00 bits per heavy atom. The lowest BCUT2D eigenvalue weighted by atomic mass is 10.2. The fourth-order valence-corrected chi connectivity index (χ4v) is 1.63. The quantitative estimate of drug-likeness (QED) is 0.454. The maximum absolute atomic E-state index is 5.77. The smallest absolute Gasteiger partial charge is 0.0690 e. The van der Waals surface area contributed by atoms with Crippen LogP contribution in [-0.4, -0.2) is 4.98 Å². The number of thiol groups is 1. The summed E-state index contributed by atoms with van der Waals surface area (Å²) in [5.74, 6) is 0.740. The Bertz CT molecular complexity index is 406. The Morgan fingerprint density at radius 1 is 1.42 bits per heavy atom. The molecule has 3 N–H and O–H groups in total. The molecule has 2 nitrogen and oxygen atoms in total. The molecule has 1 heterocycles. The molecule has 0 unspecified atom stereocenters. The molecule has 1 aromatic carbocycles. The lowest BCUT2D eigenvalue weighted by molar-refractivity contribution is 1.41. The van der Waals surface area contributed by atoms with Gasteiger partial charge >= 0.3 is 0 Å². The number of aromatic nitrogens is 1. The van der Waals surface area contributed by atoms with E-state index in [2.05, 4.69) is 17.6 Å². The highest BCUT2D eigenvalue weighted by Crippen LogP contribution is 2.23. The third kappa shape index (κ3) is 0.975. The van der Waals surface area contributed by atoms with Crippen molar-refractivity contribution in [3.8, 4) is 0 Å². The Balaban J connectivity index is 2.80. The SMILES string of the molecule is Nc1cccc2c(CS)c[nH]c12. The van der Waals surface area contributed by atoms with Gasteiger partial charge in [0.15, 0.2) is 0 Å². The van der Waals surface area contributed by atoms with Crippen molar-refractivity contribution in [1.82, 2.24) is 4.98 Å². The number of fused-ring (bicyclic) bond motifs is 1. The van der Waals surface area contributed by atoms with Crippen molar-refractivity contribution >= 4 is 29.2 Å². The predicted octanol–water partition coefficient (Wildman–Crippen LogP) is 2.18. The second-order valence-electron chi connectivity index (χ2n) is 2.74. The first kappa shape index (κ1) is 7.55. The number of nitrogens with one attached hydrogen (secondary N) is 1. The Morgan fingerprint density at radius 2 is 2.25 bits per heavy atom. The van der Waals surface area contributed by atoms with E-state index in [1.807, 2.05) is 24.4 Å². The lowest BCUT2D eigenvalue weighted by Crippen LogP contribution is -1.84. The van der Waals surface area contributed by atoms with E-state index in [9.17, 15) is 0 Å². The summed E-state index contributed by atoms with van der Waals surface area (Å²) in [7, 11) is 0. The average molecular weight is 178 g/mol. The second kappa shape index (κ2) is 2.75. The van der Waals surface area contributed by atoms with Crippen LogP contribution in [0.1, 0.15) is 5.56 Å². The molecule has 0 saturated heterocycles. The first-order valence-electron chi connectivity index (χ1n) is 3.78. The third-order valence-corrected chi connectivity index (χ3v) is 2.34. The van der Waals surface area contributed by atoms with Crippen molar-refractivity contribution in [2.24, 2.45) is 0 Å². The van der Waals surface area contributed by atoms with Gasteiger partial charge in [0.25, 0.3) is 0 Å². The predicted molar refractivity (Wildman–Crippen MR) is 55.4 cm³/mol. The molecule has 2 aromatic rings. The first-order chi connectivity index (χ1) is 5.83. The number of rotatable bonds is 1. The van der Waals surface area contributed by atoms with Crippen LogP contribution >= 0.6 is 12.6 Å². The van der Waals surface area contributed by atoms with Gasteiger partial charge in [-0.3, -0.25) is 0 Å². The number of benzene rings is 1. The fourth-order valence-electron chi connectivity index (χ4n) is 1.37. The van der Waals surface area contributed by atoms with E-state index < -0.39 is 0 Å². The van der Waals surface area contributed by atoms with E-state index >= 15 is 0 Å². The number of aromatic amines is 1. The number of nitrogen functional groups attached to an aromatic ring is 1. The van der Waals surface area contributed by atoms with Crippen LogP contribution in [0.15, 0.2) is 24.4 Å². The number of para-hydroxylation sites is 1. The molecule has 0 bridgehead atoms. The van der Waals surface area contributed by atoms with E-state index in [-0.39, 0.29) is 0 Å². The summed E-state index contributed by atoms with van der Waals surface area (Å²) >= 11 is 4.23. The van der Waals surface area contributed by atoms with Crippen molar-refractivity contribution in [2.45, 2.75) is 5.75 Å². The van der Waals surface area contributed by atoms with Gasteiger partial charge in [-0.2, -0.15) is 12.6 Å². The summed E-state index contributed by atoms with van der Waals surface area (Å²) in [6, 6.07) is 5.90. The molecule has 0 radical (unpaired) electrons. The largest absolute Gasteiger partial charge is 0.397 e. The molecular weight excluding hydrogens is 168 g/mol. The molecule has 0 spiro atoms. The third-order valence-electron chi connectivity index (χ3n) is 2.00. The molecule has 0 aliphatic heterocycles. The molecule has 0 aliphatic carbocycles. The number of H-pyrrole nitrogens is 1. The van der Waals surface area contributed by atoms with Gasteiger partial charge in [-0.25, -0.2) is 0 Å². The van der Waals surface area contributed by atoms with Crippen molar-refractivity contribution in [3.05, 3.63) is 30.0 Å². The fraction of sp³-hybridized carbons (Fsp3) is 0.111. The summed E-state index contributed by atoms with van der Waals surface area (Å²) < 4.78 is 0. The minimum absolute atomic E-state index is 0.740. The highest BCUT2D eigenvalue weighted by atomic mass is 32.1. The molecule has 0 saturated carbocycles. The van der Waals surface area contributed by atoms with Crippen LogP contribution in [-0.2, 0) is 5.75 Å². The van der Waals surface area contributed by atoms with Crippen LogP contribution in [0.25, 0.3) is 10.9 Å². The maximum atomic E-state index is 5.77. The summed E-state index contributed by atoms with van der Waals surface area (Å²) in [6.07, 6.45) is 1.95. The van der Waals surface area contributed by atoms with Gasteiger partial charge in [0, 0.05) is 17.3 Å². The molecule has 2 rings (SSSR count). The van der Waals surface area contributed by atoms with Crippen LogP contribution in [0.5, 0.6) is 0 Å². The summed E-state index contributed by atoms with van der Waals surface area (Å²) in [6.45, 7) is 0. The molecule has 1 aromatic heterocycles. The number of nitrogens with two attached hydrogens (primary N) is 1. The van der Waals surface area contributed by atoms with E-state index in [0.717, 1.165) is 17.0 Å². The normalized spacial score (nSPS) is 10.8. The van der Waals surface area contributed by atoms with Crippen LogP contribution < -0.4 is 5.73 Å². The summed E-state index contributed by atoms with van der Waals surface area (Å²) in [5.41, 5.74) is 8.77. The van der Waals surface area contributed by atoms with E-state index in [1.165, 1.54) is 10.9 Å². The Kier molecular flexibility index (Phi) is 1.73. The first-order valence-corrected chi connectivity index (χ1v) is 4.41. The number of anilines is 1. The van der Waals surface area contributed by atoms with Gasteiger partial charge in [0.1, 0.15) is 0 Å². The van der Waals surface area contributed by atoms with Gasteiger partial charge in [-0.15, -0.1) is 0 Å². The van der Waals surface area contributed by atoms with Gasteiger partial charge in [-0.05, 0) is 11.6 Å². The molecule has 12 heavy (non-hydrogen) atoms. The van der Waals surface area contributed by atoms with E-state index in [0.29, 0.717) is 0 Å². The highest BCUT2D eigenvalue weighted by molar-refractivity contribution is 7.79. The van der Waals surface area contributed by atoms with Gasteiger partial charge in [0.2, 0.25) is 0 Å². The molecule has 0 fully saturated rings. The molecule has 0 amide bonds.